The van der Waals surface area contributed by atoms with Crippen molar-refractivity contribution in [1.29, 1.82) is 5.26 Å². The van der Waals surface area contributed by atoms with E-state index >= 15 is 4.39 Å². The first-order valence-corrected chi connectivity index (χ1v) is 15.5. The van der Waals surface area contributed by atoms with E-state index in [1.54, 1.807) is 0 Å². The fourth-order valence-corrected chi connectivity index (χ4v) is 7.90. The summed E-state index contributed by atoms with van der Waals surface area (Å²) in [7, 11) is 0. The van der Waals surface area contributed by atoms with E-state index in [9.17, 15) is 19.1 Å². The number of terminal acetylenes is 1. The predicted molar refractivity (Wildman–Crippen MR) is 163 cm³/mol. The fourth-order valence-electron chi connectivity index (χ4n) is 7.90. The topological polar surface area (TPSA) is 108 Å². The molecule has 8 rings (SSSR count). The highest BCUT2D eigenvalue weighted by Crippen LogP contribution is 2.46. The van der Waals surface area contributed by atoms with Crippen molar-refractivity contribution < 1.29 is 27.8 Å². The second kappa shape index (κ2) is 10.6. The lowest BCUT2D eigenvalue weighted by atomic mass is 9.95. The molecule has 3 saturated heterocycles. The Kier molecular flexibility index (Phi) is 6.62. The molecule has 1 N–H and O–H groups in total. The molecular weight excluding hydrogens is 597 g/mol. The number of pyridine rings is 1. The van der Waals surface area contributed by atoms with Crippen LogP contribution in [0.1, 0.15) is 44.1 Å². The minimum absolute atomic E-state index is 0.0332. The number of alkyl halides is 1. The Morgan fingerprint density at radius 3 is 2.85 bits per heavy atom. The normalized spacial score (nSPS) is 25.4. The van der Waals surface area contributed by atoms with Gasteiger partial charge < -0.3 is 19.5 Å². The fraction of sp³-hybridized carbons (Fsp3) is 0.412. The number of nitriles is 1. The largest absolute Gasteiger partial charge is 0.508 e. The van der Waals surface area contributed by atoms with Crippen LogP contribution >= 0.6 is 0 Å². The molecule has 0 aliphatic carbocycles. The number of aromatic nitrogens is 3. The van der Waals surface area contributed by atoms with Crippen LogP contribution in [0.25, 0.3) is 32.9 Å². The van der Waals surface area contributed by atoms with Gasteiger partial charge in [-0.1, -0.05) is 12.0 Å². The van der Waals surface area contributed by atoms with Crippen LogP contribution in [0.2, 0.25) is 0 Å². The zero-order valence-electron chi connectivity index (χ0n) is 24.8. The molecule has 2 aromatic carbocycles. The van der Waals surface area contributed by atoms with Crippen molar-refractivity contribution in [2.24, 2.45) is 0 Å². The van der Waals surface area contributed by atoms with Gasteiger partial charge in [0.2, 0.25) is 5.88 Å². The average Bonchev–Trinajstić information content (AvgIpc) is 3.52. The number of halogens is 3. The lowest BCUT2D eigenvalue weighted by Crippen LogP contribution is -2.48. The number of fused-ring (bicyclic) bond motifs is 4. The second-order valence-electron chi connectivity index (χ2n) is 12.6. The van der Waals surface area contributed by atoms with E-state index in [4.69, 9.17) is 20.9 Å². The molecule has 4 atom stereocenters. The number of phenolic OH excluding ortho intramolecular Hbond substituents is 1. The third kappa shape index (κ3) is 4.31. The van der Waals surface area contributed by atoms with E-state index in [1.165, 1.54) is 24.3 Å². The lowest BCUT2D eigenvalue weighted by molar-refractivity contribution is 0.107. The van der Waals surface area contributed by atoms with Crippen molar-refractivity contribution in [3.05, 3.63) is 41.5 Å². The first-order valence-electron chi connectivity index (χ1n) is 15.5. The number of hydrogen-bond donors (Lipinski definition) is 1. The van der Waals surface area contributed by atoms with Crippen LogP contribution in [0, 0.1) is 35.3 Å². The number of anilines is 1. The standard InChI is InChI=1S/C34H29F3N6O3/c1-2-23-25(36)8-7-18-11-22(44)12-24(26(18)23)29-28(37)30-27-31(43-20(14-38)5-3-6-21(43)16-45-32(27)39-29)41-33(40-30)46-17-34-9-4-10-42(34)15-19(35)13-34/h1,7-8,11-12,19-21,44H,3-6,9-10,13,15-17H2/t19-,20-,21+,34+/m1/s1. The summed E-state index contributed by atoms with van der Waals surface area (Å²) in [6.45, 7) is 1.39. The van der Waals surface area contributed by atoms with Gasteiger partial charge >= 0.3 is 6.01 Å². The molecule has 0 saturated carbocycles. The van der Waals surface area contributed by atoms with Crippen LogP contribution in [0.15, 0.2) is 24.3 Å². The predicted octanol–water partition coefficient (Wildman–Crippen LogP) is 5.41. The van der Waals surface area contributed by atoms with Crippen LogP contribution in [0.4, 0.5) is 19.0 Å². The van der Waals surface area contributed by atoms with E-state index in [0.717, 1.165) is 25.8 Å². The summed E-state index contributed by atoms with van der Waals surface area (Å²) < 4.78 is 58.8. The van der Waals surface area contributed by atoms with Gasteiger partial charge in [0.1, 0.15) is 53.6 Å². The number of phenols is 1. The molecule has 0 radical (unpaired) electrons. The van der Waals surface area contributed by atoms with Crippen LogP contribution in [-0.4, -0.2) is 75.1 Å². The highest BCUT2D eigenvalue weighted by molar-refractivity contribution is 6.04. The Bertz CT molecular complexity index is 2010. The molecule has 2 aromatic heterocycles. The third-order valence-corrected chi connectivity index (χ3v) is 9.94. The summed E-state index contributed by atoms with van der Waals surface area (Å²) in [5.41, 5.74) is -0.976. The molecule has 0 bridgehead atoms. The van der Waals surface area contributed by atoms with E-state index in [1.807, 2.05) is 4.90 Å². The molecule has 4 aromatic rings. The van der Waals surface area contributed by atoms with Crippen molar-refractivity contribution in [2.75, 3.05) is 31.2 Å². The molecule has 0 amide bonds. The Morgan fingerprint density at radius 1 is 1.15 bits per heavy atom. The summed E-state index contributed by atoms with van der Waals surface area (Å²) in [6.07, 6.45) is 8.83. The highest BCUT2D eigenvalue weighted by Gasteiger charge is 2.49. The quantitative estimate of drug-likeness (QED) is 0.298. The van der Waals surface area contributed by atoms with Crippen LogP contribution < -0.4 is 14.4 Å². The molecule has 6 heterocycles. The molecule has 4 aliphatic heterocycles. The van der Waals surface area contributed by atoms with Crippen molar-refractivity contribution >= 4 is 27.5 Å². The SMILES string of the molecule is C#Cc1c(F)ccc2cc(O)cc(-c3nc4c5c(nc(OC[C@@]67CCCN6C[C@H](F)C7)nc5c3F)N3[C@@H](CCC[C@@H]3C#N)CO4)c12. The highest BCUT2D eigenvalue weighted by atomic mass is 19.1. The Labute approximate surface area is 262 Å². The van der Waals surface area contributed by atoms with Gasteiger partial charge in [0.05, 0.1) is 23.2 Å². The first kappa shape index (κ1) is 28.6. The van der Waals surface area contributed by atoms with Gasteiger partial charge in [-0.05, 0) is 62.2 Å². The molecular formula is C34H29F3N6O3. The molecule has 234 valence electrons. The monoisotopic (exact) mass is 626 g/mol. The number of benzene rings is 2. The van der Waals surface area contributed by atoms with Crippen LogP contribution in [0.3, 0.4) is 0 Å². The number of aromatic hydroxyl groups is 1. The van der Waals surface area contributed by atoms with Gasteiger partial charge in [-0.15, -0.1) is 6.42 Å². The van der Waals surface area contributed by atoms with Gasteiger partial charge in [0.25, 0.3) is 0 Å². The molecule has 0 unspecified atom stereocenters. The van der Waals surface area contributed by atoms with E-state index < -0.39 is 29.4 Å². The Hall–Kier alpha value is -4.81. The minimum atomic E-state index is -0.961. The van der Waals surface area contributed by atoms with Crippen molar-refractivity contribution in [2.45, 2.75) is 62.3 Å². The lowest BCUT2D eigenvalue weighted by Gasteiger charge is -2.38. The molecule has 46 heavy (non-hydrogen) atoms. The molecule has 0 spiro atoms. The average molecular weight is 627 g/mol. The second-order valence-corrected chi connectivity index (χ2v) is 12.6. The summed E-state index contributed by atoms with van der Waals surface area (Å²) in [6, 6.07) is 6.76. The number of piperidine rings is 1. The first-order chi connectivity index (χ1) is 22.3. The maximum Gasteiger partial charge on any atom is 0.319 e. The Balaban J connectivity index is 1.35. The zero-order valence-corrected chi connectivity index (χ0v) is 24.8. The van der Waals surface area contributed by atoms with Gasteiger partial charge in [0, 0.05) is 23.9 Å². The van der Waals surface area contributed by atoms with Crippen LogP contribution in [-0.2, 0) is 0 Å². The van der Waals surface area contributed by atoms with E-state index in [2.05, 4.69) is 26.9 Å². The third-order valence-electron chi connectivity index (χ3n) is 9.94. The summed E-state index contributed by atoms with van der Waals surface area (Å²) in [5.74, 6) is 0.890. The van der Waals surface area contributed by atoms with E-state index in [-0.39, 0.29) is 75.8 Å². The molecule has 4 aliphatic rings. The smallest absolute Gasteiger partial charge is 0.319 e. The van der Waals surface area contributed by atoms with Crippen LogP contribution in [0.5, 0.6) is 17.6 Å². The van der Waals surface area contributed by atoms with E-state index in [0.29, 0.717) is 31.2 Å². The maximum atomic E-state index is 17.0. The minimum Gasteiger partial charge on any atom is -0.508 e. The number of ether oxygens (including phenoxy) is 2. The number of hydrogen-bond acceptors (Lipinski definition) is 9. The Morgan fingerprint density at radius 2 is 2.02 bits per heavy atom. The molecule has 3 fully saturated rings. The van der Waals surface area contributed by atoms with Gasteiger partial charge in [-0.3, -0.25) is 4.90 Å². The number of nitrogens with zero attached hydrogens (tertiary/aromatic N) is 6. The summed E-state index contributed by atoms with van der Waals surface area (Å²) >= 11 is 0. The summed E-state index contributed by atoms with van der Waals surface area (Å²) in [4.78, 5) is 17.8. The van der Waals surface area contributed by atoms with Gasteiger partial charge in [-0.2, -0.15) is 15.2 Å². The van der Waals surface area contributed by atoms with Gasteiger partial charge in [-0.25, -0.2) is 18.2 Å². The van der Waals surface area contributed by atoms with Gasteiger partial charge in [0.15, 0.2) is 11.6 Å². The van der Waals surface area contributed by atoms with Crippen molar-refractivity contribution in [3.8, 4) is 47.3 Å². The molecule has 12 heteroatoms. The maximum absolute atomic E-state index is 17.0. The summed E-state index contributed by atoms with van der Waals surface area (Å²) in [5, 5.41) is 21.5. The number of rotatable bonds is 4. The van der Waals surface area contributed by atoms with Crippen molar-refractivity contribution in [3.63, 3.8) is 0 Å². The molecule has 9 nitrogen and oxygen atoms in total. The zero-order chi connectivity index (χ0) is 31.7. The van der Waals surface area contributed by atoms with Crippen molar-refractivity contribution in [1.82, 2.24) is 19.9 Å².